The van der Waals surface area contributed by atoms with Crippen molar-refractivity contribution in [3.8, 4) is 0 Å². The molecule has 20 heavy (non-hydrogen) atoms. The molecular formula is C14H21NO4S. The highest BCUT2D eigenvalue weighted by Gasteiger charge is 2.18. The van der Waals surface area contributed by atoms with Gasteiger partial charge >= 0.3 is 6.09 Å². The van der Waals surface area contributed by atoms with Gasteiger partial charge in [-0.25, -0.2) is 13.2 Å². The summed E-state index contributed by atoms with van der Waals surface area (Å²) < 4.78 is 27.9. The topological polar surface area (TPSA) is 72.5 Å². The normalized spacial score (nSPS) is 13.7. The van der Waals surface area contributed by atoms with Gasteiger partial charge in [0.25, 0.3) is 0 Å². The van der Waals surface area contributed by atoms with Crippen LogP contribution in [0.3, 0.4) is 0 Å². The molecule has 6 heteroatoms. The molecule has 1 rings (SSSR count). The van der Waals surface area contributed by atoms with Crippen LogP contribution in [-0.2, 0) is 14.6 Å². The molecule has 112 valence electrons. The molecule has 0 radical (unpaired) electrons. The Morgan fingerprint density at radius 2 is 1.70 bits per heavy atom. The Kier molecular flexibility index (Phi) is 4.81. The van der Waals surface area contributed by atoms with Crippen molar-refractivity contribution in [2.45, 2.75) is 44.2 Å². The van der Waals surface area contributed by atoms with E-state index >= 15 is 0 Å². The fourth-order valence-electron chi connectivity index (χ4n) is 1.57. The van der Waals surface area contributed by atoms with E-state index in [-0.39, 0.29) is 10.9 Å². The van der Waals surface area contributed by atoms with Crippen LogP contribution in [0.1, 0.15) is 39.3 Å². The van der Waals surface area contributed by atoms with Crippen LogP contribution in [0.25, 0.3) is 0 Å². The van der Waals surface area contributed by atoms with Crippen molar-refractivity contribution in [2.24, 2.45) is 0 Å². The maximum Gasteiger partial charge on any atom is 0.408 e. The van der Waals surface area contributed by atoms with Gasteiger partial charge in [-0.05, 0) is 45.4 Å². The minimum atomic E-state index is -3.20. The van der Waals surface area contributed by atoms with Gasteiger partial charge in [0.05, 0.1) is 10.9 Å². The second-order valence-corrected chi connectivity index (χ2v) is 7.72. The van der Waals surface area contributed by atoms with E-state index < -0.39 is 21.5 Å². The van der Waals surface area contributed by atoms with Crippen molar-refractivity contribution in [1.29, 1.82) is 0 Å². The van der Waals surface area contributed by atoms with Gasteiger partial charge in [-0.15, -0.1) is 0 Å². The first kappa shape index (κ1) is 16.5. The molecule has 0 saturated heterocycles. The lowest BCUT2D eigenvalue weighted by Gasteiger charge is -2.22. The van der Waals surface area contributed by atoms with Crippen molar-refractivity contribution in [1.82, 2.24) is 5.32 Å². The molecule has 1 aromatic carbocycles. The summed E-state index contributed by atoms with van der Waals surface area (Å²) in [6.07, 6.45) is 0.655. The highest BCUT2D eigenvalue weighted by molar-refractivity contribution is 7.90. The largest absolute Gasteiger partial charge is 0.444 e. The molecule has 0 saturated carbocycles. The monoisotopic (exact) mass is 299 g/mol. The number of hydrogen-bond donors (Lipinski definition) is 1. The number of carbonyl (C=O) groups is 1. The maximum absolute atomic E-state index is 11.6. The molecule has 0 aromatic heterocycles. The van der Waals surface area contributed by atoms with Crippen LogP contribution < -0.4 is 5.32 Å². The smallest absolute Gasteiger partial charge is 0.408 e. The molecule has 0 aliphatic carbocycles. The van der Waals surface area contributed by atoms with Gasteiger partial charge in [0.1, 0.15) is 5.60 Å². The number of benzene rings is 1. The number of alkyl carbamates (subject to hydrolysis) is 1. The third-order valence-electron chi connectivity index (χ3n) is 2.54. The van der Waals surface area contributed by atoms with Gasteiger partial charge in [0, 0.05) is 6.26 Å². The van der Waals surface area contributed by atoms with Gasteiger partial charge in [0.15, 0.2) is 9.84 Å². The average molecular weight is 299 g/mol. The number of nitrogens with one attached hydrogen (secondary N) is 1. The Morgan fingerprint density at radius 1 is 1.20 bits per heavy atom. The summed E-state index contributed by atoms with van der Waals surface area (Å²) in [5.41, 5.74) is 0.257. The molecule has 1 unspecified atom stereocenters. The second kappa shape index (κ2) is 5.83. The standard InChI is InChI=1S/C14H21NO4S/c1-10(15-13(16)19-14(2,3)4)11-6-8-12(9-7-11)20(5,17)18/h6-10H,1-5H3,(H,15,16). The lowest BCUT2D eigenvalue weighted by Crippen LogP contribution is -2.34. The third kappa shape index (κ3) is 5.21. The third-order valence-corrected chi connectivity index (χ3v) is 3.67. The number of amides is 1. The molecule has 5 nitrogen and oxygen atoms in total. The van der Waals surface area contributed by atoms with E-state index in [4.69, 9.17) is 4.74 Å². The fraction of sp³-hybridized carbons (Fsp3) is 0.500. The number of hydrogen-bond acceptors (Lipinski definition) is 4. The Morgan fingerprint density at radius 3 is 2.10 bits per heavy atom. The Bertz CT molecular complexity index is 570. The number of ether oxygens (including phenoxy) is 1. The minimum Gasteiger partial charge on any atom is -0.444 e. The Hall–Kier alpha value is -1.56. The Balaban J connectivity index is 2.74. The van der Waals surface area contributed by atoms with Crippen molar-refractivity contribution < 1.29 is 17.9 Å². The number of rotatable bonds is 3. The molecule has 0 heterocycles. The van der Waals surface area contributed by atoms with Crippen molar-refractivity contribution >= 4 is 15.9 Å². The summed E-state index contributed by atoms with van der Waals surface area (Å²) in [6.45, 7) is 7.17. The number of sulfone groups is 1. The molecule has 1 aromatic rings. The van der Waals surface area contributed by atoms with Gasteiger partial charge in [-0.2, -0.15) is 0 Å². The van der Waals surface area contributed by atoms with Crippen LogP contribution in [0.4, 0.5) is 4.79 Å². The zero-order valence-corrected chi connectivity index (χ0v) is 13.2. The van der Waals surface area contributed by atoms with Gasteiger partial charge in [0.2, 0.25) is 0 Å². The first-order chi connectivity index (χ1) is 8.99. The maximum atomic E-state index is 11.6. The van der Waals surface area contributed by atoms with Gasteiger partial charge in [-0.3, -0.25) is 0 Å². The predicted molar refractivity (Wildman–Crippen MR) is 77.3 cm³/mol. The summed E-state index contributed by atoms with van der Waals surface area (Å²) in [7, 11) is -3.20. The van der Waals surface area contributed by atoms with Crippen LogP contribution in [0, 0.1) is 0 Å². The first-order valence-corrected chi connectivity index (χ1v) is 8.18. The lowest BCUT2D eigenvalue weighted by molar-refractivity contribution is 0.0508. The highest BCUT2D eigenvalue weighted by atomic mass is 32.2. The average Bonchev–Trinajstić information content (AvgIpc) is 2.25. The molecule has 0 fully saturated rings. The summed E-state index contributed by atoms with van der Waals surface area (Å²) in [4.78, 5) is 11.9. The molecule has 1 N–H and O–H groups in total. The summed E-state index contributed by atoms with van der Waals surface area (Å²) in [6, 6.07) is 6.14. The van der Waals surface area contributed by atoms with E-state index in [1.54, 1.807) is 39.8 Å². The van der Waals surface area contributed by atoms with Crippen LogP contribution in [0.2, 0.25) is 0 Å². The van der Waals surface area contributed by atoms with E-state index in [0.29, 0.717) is 0 Å². The second-order valence-electron chi connectivity index (χ2n) is 5.71. The number of carbonyl (C=O) groups excluding carboxylic acids is 1. The van der Waals surface area contributed by atoms with E-state index in [1.807, 2.05) is 0 Å². The SMILES string of the molecule is CC(NC(=O)OC(C)(C)C)c1ccc(S(C)(=O)=O)cc1. The predicted octanol–water partition coefficient (Wildman–Crippen LogP) is 2.68. The summed E-state index contributed by atoms with van der Waals surface area (Å²) >= 11 is 0. The molecular weight excluding hydrogens is 278 g/mol. The fourth-order valence-corrected chi connectivity index (χ4v) is 2.20. The van der Waals surface area contributed by atoms with Crippen LogP contribution in [0.5, 0.6) is 0 Å². The summed E-state index contributed by atoms with van der Waals surface area (Å²) in [5, 5.41) is 2.70. The van der Waals surface area contributed by atoms with Crippen LogP contribution in [-0.4, -0.2) is 26.4 Å². The van der Waals surface area contributed by atoms with E-state index in [9.17, 15) is 13.2 Å². The molecule has 0 aliphatic heterocycles. The zero-order chi connectivity index (χ0) is 15.6. The van der Waals surface area contributed by atoms with E-state index in [1.165, 1.54) is 12.1 Å². The molecule has 0 bridgehead atoms. The van der Waals surface area contributed by atoms with Crippen LogP contribution >= 0.6 is 0 Å². The van der Waals surface area contributed by atoms with Crippen molar-refractivity contribution in [3.63, 3.8) is 0 Å². The quantitative estimate of drug-likeness (QED) is 0.931. The molecule has 0 aliphatic rings. The summed E-state index contributed by atoms with van der Waals surface area (Å²) in [5.74, 6) is 0. The zero-order valence-electron chi connectivity index (χ0n) is 12.4. The minimum absolute atomic E-state index is 0.255. The van der Waals surface area contributed by atoms with Crippen molar-refractivity contribution in [2.75, 3.05) is 6.26 Å². The van der Waals surface area contributed by atoms with E-state index in [0.717, 1.165) is 11.8 Å². The molecule has 1 amide bonds. The van der Waals surface area contributed by atoms with Crippen molar-refractivity contribution in [3.05, 3.63) is 29.8 Å². The van der Waals surface area contributed by atoms with Gasteiger partial charge in [-0.1, -0.05) is 12.1 Å². The van der Waals surface area contributed by atoms with Crippen LogP contribution in [0.15, 0.2) is 29.2 Å². The first-order valence-electron chi connectivity index (χ1n) is 6.28. The lowest BCUT2D eigenvalue weighted by atomic mass is 10.1. The van der Waals surface area contributed by atoms with Gasteiger partial charge < -0.3 is 10.1 Å². The Labute approximate surface area is 120 Å². The molecule has 0 spiro atoms. The highest BCUT2D eigenvalue weighted by Crippen LogP contribution is 2.17. The van der Waals surface area contributed by atoms with E-state index in [2.05, 4.69) is 5.32 Å². The molecule has 1 atom stereocenters.